The summed E-state index contributed by atoms with van der Waals surface area (Å²) in [6.45, 7) is 0. The maximum absolute atomic E-state index is 11.5. The molecule has 1 aromatic heterocycles. The first-order valence-electron chi connectivity index (χ1n) is 4.96. The molecule has 1 heterocycles. The van der Waals surface area contributed by atoms with Gasteiger partial charge in [-0.15, -0.1) is 11.3 Å². The lowest BCUT2D eigenvalue weighted by molar-refractivity contribution is -0.113. The fourth-order valence-electron chi connectivity index (χ4n) is 1.40. The van der Waals surface area contributed by atoms with Gasteiger partial charge in [0, 0.05) is 5.69 Å². The van der Waals surface area contributed by atoms with Crippen LogP contribution < -0.4 is 5.32 Å². The van der Waals surface area contributed by atoms with Gasteiger partial charge in [0.1, 0.15) is 0 Å². The van der Waals surface area contributed by atoms with E-state index in [1.54, 1.807) is 23.1 Å². The summed E-state index contributed by atoms with van der Waals surface area (Å²) in [6.07, 6.45) is 3.93. The average Bonchev–Trinajstić information content (AvgIpc) is 2.71. The Bertz CT molecular complexity index is 538. The number of fused-ring (bicyclic) bond motifs is 1. The molecule has 0 radical (unpaired) electrons. The van der Waals surface area contributed by atoms with Crippen LogP contribution in [0.1, 0.15) is 0 Å². The number of nitrogens with zero attached hydrogens (tertiary/aromatic N) is 1. The highest BCUT2D eigenvalue weighted by atomic mass is 32.2. The number of benzene rings is 1. The zero-order valence-corrected chi connectivity index (χ0v) is 12.0. The summed E-state index contributed by atoms with van der Waals surface area (Å²) in [4.78, 5) is 15.9. The number of hydrogen-bond acceptors (Lipinski definition) is 5. The minimum Gasteiger partial charge on any atom is -0.325 e. The van der Waals surface area contributed by atoms with Gasteiger partial charge in [0.05, 0.1) is 16.0 Å². The molecular formula is C11H12N2OS3. The summed E-state index contributed by atoms with van der Waals surface area (Å²) in [5, 5.41) is 2.87. The van der Waals surface area contributed by atoms with Crippen molar-refractivity contribution in [3.63, 3.8) is 0 Å². The Balaban J connectivity index is 2.21. The number of carbonyl (C=O) groups excluding carboxylic acids is 1. The predicted octanol–water partition coefficient (Wildman–Crippen LogP) is 3.32. The first-order chi connectivity index (χ1) is 8.22. The molecule has 1 aromatic carbocycles. The second-order valence-electron chi connectivity index (χ2n) is 3.35. The Labute approximate surface area is 112 Å². The minimum absolute atomic E-state index is 0.0338. The Hall–Kier alpha value is -0.720. The molecule has 0 aliphatic carbocycles. The molecule has 2 aromatic rings. The van der Waals surface area contributed by atoms with Crippen molar-refractivity contribution in [3.05, 3.63) is 18.2 Å². The summed E-state index contributed by atoms with van der Waals surface area (Å²) in [5.41, 5.74) is 1.83. The maximum Gasteiger partial charge on any atom is 0.234 e. The van der Waals surface area contributed by atoms with Crippen LogP contribution in [0, 0.1) is 0 Å². The summed E-state index contributed by atoms with van der Waals surface area (Å²) in [7, 11) is 0. The van der Waals surface area contributed by atoms with Crippen LogP contribution in [0.4, 0.5) is 5.69 Å². The van der Waals surface area contributed by atoms with Crippen molar-refractivity contribution < 1.29 is 4.79 Å². The molecule has 90 valence electrons. The molecule has 1 N–H and O–H groups in total. The molecule has 0 saturated heterocycles. The Morgan fingerprint density at radius 3 is 3.00 bits per heavy atom. The van der Waals surface area contributed by atoms with E-state index in [4.69, 9.17) is 0 Å². The number of aromatic nitrogens is 1. The van der Waals surface area contributed by atoms with Crippen LogP contribution in [0.3, 0.4) is 0 Å². The molecule has 2 rings (SSSR count). The standard InChI is InChI=1S/C11H12N2OS3/c1-15-6-10(14)12-7-3-4-8-9(5-7)17-11(13-8)16-2/h3-5H,6H2,1-2H3,(H,12,14). The van der Waals surface area contributed by atoms with Gasteiger partial charge in [-0.1, -0.05) is 11.8 Å². The van der Waals surface area contributed by atoms with Crippen molar-refractivity contribution in [1.82, 2.24) is 4.98 Å². The molecule has 0 aliphatic heterocycles. The zero-order chi connectivity index (χ0) is 12.3. The van der Waals surface area contributed by atoms with Gasteiger partial charge in [-0.05, 0) is 30.7 Å². The number of nitrogens with one attached hydrogen (secondary N) is 1. The highest BCUT2D eigenvalue weighted by Crippen LogP contribution is 2.29. The third-order valence-corrected chi connectivity index (χ3v) is 4.66. The molecule has 0 atom stereocenters. The van der Waals surface area contributed by atoms with Crippen LogP contribution in [0.5, 0.6) is 0 Å². The SMILES string of the molecule is CSCC(=O)Nc1ccc2nc(SC)sc2c1. The number of thiazole rings is 1. The zero-order valence-electron chi connectivity index (χ0n) is 9.52. The van der Waals surface area contributed by atoms with E-state index >= 15 is 0 Å². The predicted molar refractivity (Wildman–Crippen MR) is 78.4 cm³/mol. The van der Waals surface area contributed by atoms with E-state index < -0.39 is 0 Å². The number of anilines is 1. The van der Waals surface area contributed by atoms with E-state index in [9.17, 15) is 4.79 Å². The van der Waals surface area contributed by atoms with Crippen LogP contribution in [0.25, 0.3) is 10.2 Å². The first-order valence-corrected chi connectivity index (χ1v) is 8.40. The van der Waals surface area contributed by atoms with Crippen LogP contribution in [-0.2, 0) is 4.79 Å². The maximum atomic E-state index is 11.5. The Kier molecular flexibility index (Phi) is 4.31. The lowest BCUT2D eigenvalue weighted by Gasteiger charge is -2.03. The van der Waals surface area contributed by atoms with Crippen LogP contribution >= 0.6 is 34.9 Å². The lowest BCUT2D eigenvalue weighted by Crippen LogP contribution is -2.13. The van der Waals surface area contributed by atoms with Crippen LogP contribution in [0.15, 0.2) is 22.5 Å². The highest BCUT2D eigenvalue weighted by molar-refractivity contribution is 8.00. The van der Waals surface area contributed by atoms with Crippen molar-refractivity contribution in [1.29, 1.82) is 0 Å². The smallest absolute Gasteiger partial charge is 0.234 e. The minimum atomic E-state index is 0.0338. The van der Waals surface area contributed by atoms with E-state index in [1.807, 2.05) is 30.7 Å². The van der Waals surface area contributed by atoms with Gasteiger partial charge in [-0.3, -0.25) is 4.79 Å². The van der Waals surface area contributed by atoms with Crippen LogP contribution in [0.2, 0.25) is 0 Å². The van der Waals surface area contributed by atoms with E-state index in [-0.39, 0.29) is 5.91 Å². The molecule has 0 fully saturated rings. The molecule has 0 spiro atoms. The summed E-state index contributed by atoms with van der Waals surface area (Å²) in [6, 6.07) is 5.82. The first kappa shape index (κ1) is 12.7. The second kappa shape index (κ2) is 5.75. The van der Waals surface area contributed by atoms with Crippen molar-refractivity contribution in [2.45, 2.75) is 4.34 Å². The van der Waals surface area contributed by atoms with E-state index in [0.29, 0.717) is 5.75 Å². The van der Waals surface area contributed by atoms with Crippen LogP contribution in [-0.4, -0.2) is 29.2 Å². The quantitative estimate of drug-likeness (QED) is 0.875. The van der Waals surface area contributed by atoms with E-state index in [1.165, 1.54) is 11.8 Å². The normalized spacial score (nSPS) is 10.7. The third-order valence-electron chi connectivity index (χ3n) is 2.10. The van der Waals surface area contributed by atoms with Crippen molar-refractivity contribution >= 4 is 56.7 Å². The molecule has 6 heteroatoms. The molecule has 0 aliphatic rings. The Morgan fingerprint density at radius 1 is 1.47 bits per heavy atom. The fraction of sp³-hybridized carbons (Fsp3) is 0.273. The Morgan fingerprint density at radius 2 is 2.29 bits per heavy atom. The summed E-state index contributed by atoms with van der Waals surface area (Å²) >= 11 is 4.80. The number of rotatable bonds is 4. The molecule has 0 bridgehead atoms. The molecule has 0 unspecified atom stereocenters. The molecular weight excluding hydrogens is 272 g/mol. The van der Waals surface area contributed by atoms with Gasteiger partial charge >= 0.3 is 0 Å². The van der Waals surface area contributed by atoms with Gasteiger partial charge in [0.15, 0.2) is 4.34 Å². The second-order valence-corrected chi connectivity index (χ2v) is 6.30. The van der Waals surface area contributed by atoms with E-state index in [2.05, 4.69) is 10.3 Å². The third kappa shape index (κ3) is 3.14. The molecule has 17 heavy (non-hydrogen) atoms. The number of carbonyl (C=O) groups is 1. The number of amides is 1. The fourth-order valence-corrected chi connectivity index (χ4v) is 3.26. The molecule has 0 saturated carbocycles. The molecule has 3 nitrogen and oxygen atoms in total. The van der Waals surface area contributed by atoms with Gasteiger partial charge < -0.3 is 5.32 Å². The van der Waals surface area contributed by atoms with Gasteiger partial charge in [-0.25, -0.2) is 4.98 Å². The number of thioether (sulfide) groups is 2. The monoisotopic (exact) mass is 284 g/mol. The lowest BCUT2D eigenvalue weighted by atomic mass is 10.3. The highest BCUT2D eigenvalue weighted by Gasteiger charge is 2.05. The van der Waals surface area contributed by atoms with Gasteiger partial charge in [0.2, 0.25) is 5.91 Å². The van der Waals surface area contributed by atoms with Gasteiger partial charge in [-0.2, -0.15) is 11.8 Å². The largest absolute Gasteiger partial charge is 0.325 e. The summed E-state index contributed by atoms with van der Waals surface area (Å²) in [5.74, 6) is 0.517. The number of hydrogen-bond donors (Lipinski definition) is 1. The topological polar surface area (TPSA) is 42.0 Å². The average molecular weight is 284 g/mol. The van der Waals surface area contributed by atoms with Crippen molar-refractivity contribution in [2.24, 2.45) is 0 Å². The van der Waals surface area contributed by atoms with E-state index in [0.717, 1.165) is 20.2 Å². The molecule has 1 amide bonds. The van der Waals surface area contributed by atoms with Crippen molar-refractivity contribution in [2.75, 3.05) is 23.6 Å². The van der Waals surface area contributed by atoms with Crippen molar-refractivity contribution in [3.8, 4) is 0 Å². The van der Waals surface area contributed by atoms with Gasteiger partial charge in [0.25, 0.3) is 0 Å². The summed E-state index contributed by atoms with van der Waals surface area (Å²) < 4.78 is 2.16.